The highest BCUT2D eigenvalue weighted by atomic mass is 35.5. The lowest BCUT2D eigenvalue weighted by atomic mass is 9.82. The molecule has 2 bridgehead atoms. The minimum absolute atomic E-state index is 0.119. The van der Waals surface area contributed by atoms with E-state index < -0.39 is 41.7 Å². The second kappa shape index (κ2) is 5.13. The van der Waals surface area contributed by atoms with Crippen LogP contribution in [0.4, 0.5) is 10.1 Å². The molecule has 5 nitrogen and oxygen atoms in total. The molecule has 0 unspecified atom stereocenters. The summed E-state index contributed by atoms with van der Waals surface area (Å²) in [4.78, 5) is 23.6. The standard InChI is InChI=1S/C14H11ClFNO4/c15-7-5-6(1-2-8(7)16)17-13(18)11-9-3-4-10(21-9)12(11)14(19)20/h1-5,9-12H,(H,17,18)(H,19,20)/t9-,10-,11-,12-/m1/s1. The number of amides is 1. The molecule has 0 aromatic heterocycles. The first-order chi connectivity index (χ1) is 9.97. The first-order valence-electron chi connectivity index (χ1n) is 6.30. The van der Waals surface area contributed by atoms with Crippen molar-refractivity contribution in [3.8, 4) is 0 Å². The van der Waals surface area contributed by atoms with Gasteiger partial charge in [-0.1, -0.05) is 23.8 Å². The van der Waals surface area contributed by atoms with E-state index in [1.54, 1.807) is 12.2 Å². The molecular formula is C14H11ClFNO4. The van der Waals surface area contributed by atoms with Gasteiger partial charge in [0.25, 0.3) is 0 Å². The third kappa shape index (κ3) is 2.41. The van der Waals surface area contributed by atoms with E-state index >= 15 is 0 Å². The van der Waals surface area contributed by atoms with E-state index in [0.717, 1.165) is 6.07 Å². The lowest BCUT2D eigenvalue weighted by molar-refractivity contribution is -0.145. The largest absolute Gasteiger partial charge is 0.481 e. The minimum atomic E-state index is -1.08. The summed E-state index contributed by atoms with van der Waals surface area (Å²) in [5.74, 6) is -3.90. The molecule has 3 rings (SSSR count). The van der Waals surface area contributed by atoms with Crippen molar-refractivity contribution < 1.29 is 23.8 Å². The molecular weight excluding hydrogens is 301 g/mol. The average Bonchev–Trinajstić information content (AvgIpc) is 3.03. The highest BCUT2D eigenvalue weighted by Crippen LogP contribution is 2.39. The number of nitrogens with one attached hydrogen (secondary N) is 1. The maximum absolute atomic E-state index is 13.1. The monoisotopic (exact) mass is 311 g/mol. The number of benzene rings is 1. The number of carboxylic acid groups (broad SMARTS) is 1. The van der Waals surface area contributed by atoms with E-state index in [9.17, 15) is 19.1 Å². The number of carboxylic acids is 1. The Labute approximate surface area is 124 Å². The molecule has 1 fully saturated rings. The Balaban J connectivity index is 1.80. The number of carbonyl (C=O) groups is 2. The van der Waals surface area contributed by atoms with Gasteiger partial charge in [-0.05, 0) is 18.2 Å². The van der Waals surface area contributed by atoms with Gasteiger partial charge in [0.15, 0.2) is 0 Å². The summed E-state index contributed by atoms with van der Waals surface area (Å²) in [7, 11) is 0. The zero-order valence-electron chi connectivity index (χ0n) is 10.6. The minimum Gasteiger partial charge on any atom is -0.481 e. The van der Waals surface area contributed by atoms with Gasteiger partial charge in [-0.15, -0.1) is 0 Å². The summed E-state index contributed by atoms with van der Waals surface area (Å²) in [5.41, 5.74) is 0.308. The molecule has 110 valence electrons. The Bertz CT molecular complexity index is 648. The maximum atomic E-state index is 13.1. The fourth-order valence-electron chi connectivity index (χ4n) is 2.71. The van der Waals surface area contributed by atoms with E-state index in [4.69, 9.17) is 16.3 Å². The first-order valence-corrected chi connectivity index (χ1v) is 6.67. The van der Waals surface area contributed by atoms with Crippen LogP contribution in [0.15, 0.2) is 30.4 Å². The van der Waals surface area contributed by atoms with E-state index in [0.29, 0.717) is 5.69 Å². The summed E-state index contributed by atoms with van der Waals surface area (Å²) in [5, 5.41) is 11.7. The van der Waals surface area contributed by atoms with Gasteiger partial charge in [-0.2, -0.15) is 0 Å². The van der Waals surface area contributed by atoms with Crippen LogP contribution in [0.25, 0.3) is 0 Å². The molecule has 0 aliphatic carbocycles. The van der Waals surface area contributed by atoms with Crippen molar-refractivity contribution in [2.24, 2.45) is 11.8 Å². The summed E-state index contributed by atoms with van der Waals surface area (Å²) < 4.78 is 18.5. The third-order valence-corrected chi connectivity index (χ3v) is 3.96. The van der Waals surface area contributed by atoms with E-state index in [1.807, 2.05) is 0 Å². The summed E-state index contributed by atoms with van der Waals surface area (Å²) in [6.45, 7) is 0. The molecule has 2 aliphatic rings. The lowest BCUT2D eigenvalue weighted by Gasteiger charge is -2.21. The van der Waals surface area contributed by atoms with E-state index in [-0.39, 0.29) is 5.02 Å². The number of rotatable bonds is 3. The molecule has 2 heterocycles. The molecule has 4 atom stereocenters. The topological polar surface area (TPSA) is 75.6 Å². The van der Waals surface area contributed by atoms with E-state index in [1.165, 1.54) is 12.1 Å². The third-order valence-electron chi connectivity index (χ3n) is 3.67. The smallest absolute Gasteiger partial charge is 0.310 e. The maximum Gasteiger partial charge on any atom is 0.310 e. The molecule has 0 radical (unpaired) electrons. The van der Waals surface area contributed by atoms with Crippen molar-refractivity contribution in [3.05, 3.63) is 41.2 Å². The molecule has 1 amide bonds. The summed E-state index contributed by atoms with van der Waals surface area (Å²) in [6.07, 6.45) is 2.21. The van der Waals surface area contributed by atoms with Gasteiger partial charge in [0, 0.05) is 5.69 Å². The molecule has 0 saturated carbocycles. The average molecular weight is 312 g/mol. The Hall–Kier alpha value is -1.92. The van der Waals surface area contributed by atoms with Gasteiger partial charge in [0.1, 0.15) is 11.7 Å². The number of hydrogen-bond donors (Lipinski definition) is 2. The Morgan fingerprint density at radius 3 is 2.52 bits per heavy atom. The Morgan fingerprint density at radius 2 is 1.90 bits per heavy atom. The van der Waals surface area contributed by atoms with Crippen LogP contribution in [0.1, 0.15) is 0 Å². The van der Waals surface area contributed by atoms with Gasteiger partial charge in [0.05, 0.1) is 23.1 Å². The number of fused-ring (bicyclic) bond motifs is 2. The van der Waals surface area contributed by atoms with Crippen LogP contribution in [-0.4, -0.2) is 29.2 Å². The fourth-order valence-corrected chi connectivity index (χ4v) is 2.90. The van der Waals surface area contributed by atoms with Crippen LogP contribution in [0.5, 0.6) is 0 Å². The van der Waals surface area contributed by atoms with Crippen LogP contribution in [0, 0.1) is 17.7 Å². The van der Waals surface area contributed by atoms with E-state index in [2.05, 4.69) is 5.32 Å². The van der Waals surface area contributed by atoms with Crippen molar-refractivity contribution in [1.82, 2.24) is 0 Å². The predicted molar refractivity (Wildman–Crippen MR) is 72.5 cm³/mol. The Kier molecular flexibility index (Phi) is 3.43. The summed E-state index contributed by atoms with van der Waals surface area (Å²) >= 11 is 5.64. The zero-order chi connectivity index (χ0) is 15.1. The van der Waals surface area contributed by atoms with Crippen LogP contribution < -0.4 is 5.32 Å². The number of halogens is 2. The number of hydrogen-bond acceptors (Lipinski definition) is 3. The van der Waals surface area contributed by atoms with Gasteiger partial charge in [0.2, 0.25) is 5.91 Å². The molecule has 2 N–H and O–H groups in total. The summed E-state index contributed by atoms with van der Waals surface area (Å²) in [6, 6.07) is 3.76. The Morgan fingerprint density at radius 1 is 1.24 bits per heavy atom. The van der Waals surface area contributed by atoms with Gasteiger partial charge < -0.3 is 15.2 Å². The highest BCUT2D eigenvalue weighted by molar-refractivity contribution is 6.31. The van der Waals surface area contributed by atoms with Crippen LogP contribution in [0.3, 0.4) is 0 Å². The number of anilines is 1. The molecule has 21 heavy (non-hydrogen) atoms. The van der Waals surface area contributed by atoms with Crippen LogP contribution in [0.2, 0.25) is 5.02 Å². The van der Waals surface area contributed by atoms with Crippen molar-refractivity contribution >= 4 is 29.2 Å². The molecule has 0 spiro atoms. The molecule has 2 aliphatic heterocycles. The SMILES string of the molecule is O=C(O)[C@H]1[C@H](C(=O)Nc2ccc(F)c(Cl)c2)[C@H]2C=C[C@H]1O2. The van der Waals surface area contributed by atoms with Crippen LogP contribution in [-0.2, 0) is 14.3 Å². The first kappa shape index (κ1) is 14.0. The second-order valence-corrected chi connectivity index (χ2v) is 5.37. The second-order valence-electron chi connectivity index (χ2n) is 4.96. The normalized spacial score (nSPS) is 29.6. The lowest BCUT2D eigenvalue weighted by Crippen LogP contribution is -2.39. The van der Waals surface area contributed by atoms with Crippen molar-refractivity contribution in [2.75, 3.05) is 5.32 Å². The van der Waals surface area contributed by atoms with Crippen molar-refractivity contribution in [1.29, 1.82) is 0 Å². The molecule has 1 aromatic rings. The fraction of sp³-hybridized carbons (Fsp3) is 0.286. The number of carbonyl (C=O) groups excluding carboxylic acids is 1. The van der Waals surface area contributed by atoms with Gasteiger partial charge >= 0.3 is 5.97 Å². The molecule has 1 aromatic carbocycles. The molecule has 1 saturated heterocycles. The van der Waals surface area contributed by atoms with Crippen LogP contribution >= 0.6 is 11.6 Å². The van der Waals surface area contributed by atoms with Gasteiger partial charge in [-0.25, -0.2) is 4.39 Å². The van der Waals surface area contributed by atoms with Crippen molar-refractivity contribution in [3.63, 3.8) is 0 Å². The number of ether oxygens (including phenoxy) is 1. The molecule has 7 heteroatoms. The highest BCUT2D eigenvalue weighted by Gasteiger charge is 2.53. The van der Waals surface area contributed by atoms with Crippen molar-refractivity contribution in [2.45, 2.75) is 12.2 Å². The quantitative estimate of drug-likeness (QED) is 0.838. The predicted octanol–water partition coefficient (Wildman–Crippen LogP) is 2.07. The number of aliphatic carboxylic acids is 1. The zero-order valence-corrected chi connectivity index (χ0v) is 11.4. The van der Waals surface area contributed by atoms with Gasteiger partial charge in [-0.3, -0.25) is 9.59 Å².